The van der Waals surface area contributed by atoms with Crippen LogP contribution in [-0.4, -0.2) is 27.5 Å². The van der Waals surface area contributed by atoms with Crippen LogP contribution in [0.2, 0.25) is 0 Å². The minimum atomic E-state index is -0.489. The topological polar surface area (TPSA) is 45.4 Å². The molecule has 0 aliphatic heterocycles. The molecule has 0 aliphatic carbocycles. The van der Waals surface area contributed by atoms with Crippen LogP contribution in [0.4, 0.5) is 0 Å². The minimum absolute atomic E-state index is 0.164. The van der Waals surface area contributed by atoms with E-state index in [0.29, 0.717) is 19.4 Å². The number of fused-ring (bicyclic) bond motifs is 3. The molecule has 4 aromatic carbocycles. The molecule has 0 amide bonds. The van der Waals surface area contributed by atoms with Gasteiger partial charge >= 0.3 is 0 Å². The molecule has 1 aromatic heterocycles. The van der Waals surface area contributed by atoms with Crippen molar-refractivity contribution in [3.8, 4) is 22.4 Å². The Hall–Kier alpha value is -3.40. The maximum Gasteiger partial charge on any atom is 0.0719 e. The predicted molar refractivity (Wildman–Crippen MR) is 137 cm³/mol. The zero-order chi connectivity index (χ0) is 22.6. The van der Waals surface area contributed by atoms with Crippen molar-refractivity contribution in [2.45, 2.75) is 31.9 Å². The Morgan fingerprint density at radius 2 is 1.33 bits per heavy atom. The number of aromatic nitrogens is 1. The van der Waals surface area contributed by atoms with Crippen LogP contribution >= 0.6 is 0 Å². The number of aliphatic hydroxyl groups is 2. The van der Waals surface area contributed by atoms with Crippen LogP contribution in [0, 0.1) is 0 Å². The minimum Gasteiger partial charge on any atom is -0.396 e. The number of benzene rings is 4. The molecule has 1 atom stereocenters. The molecule has 0 saturated heterocycles. The standard InChI is InChI=1S/C30H29NO2/c32-20-10-9-16-25(33)21-31-29(24-14-5-2-6-15-24)28(23-12-3-1-4-13-23)27-19-18-22-11-7-8-17-26(22)30(27)31/h1-8,11-15,17-19,25,32-33H,9-10,16,20-21H2/t25-/m0/s1. The fraction of sp³-hybridized carbons (Fsp3) is 0.200. The largest absolute Gasteiger partial charge is 0.396 e. The van der Waals surface area contributed by atoms with Crippen molar-refractivity contribution in [2.75, 3.05) is 6.61 Å². The van der Waals surface area contributed by atoms with Crippen LogP contribution in [-0.2, 0) is 6.54 Å². The van der Waals surface area contributed by atoms with Gasteiger partial charge in [-0.3, -0.25) is 0 Å². The van der Waals surface area contributed by atoms with Crippen molar-refractivity contribution in [1.29, 1.82) is 0 Å². The number of unbranched alkanes of at least 4 members (excludes halogenated alkanes) is 1. The van der Waals surface area contributed by atoms with Gasteiger partial charge in [-0.05, 0) is 35.8 Å². The highest BCUT2D eigenvalue weighted by molar-refractivity contribution is 6.15. The van der Waals surface area contributed by atoms with Gasteiger partial charge in [-0.1, -0.05) is 97.1 Å². The van der Waals surface area contributed by atoms with Crippen molar-refractivity contribution >= 4 is 21.7 Å². The third kappa shape index (κ3) is 4.18. The molecular formula is C30H29NO2. The summed E-state index contributed by atoms with van der Waals surface area (Å²) in [5, 5.41) is 23.8. The third-order valence-corrected chi connectivity index (χ3v) is 6.40. The summed E-state index contributed by atoms with van der Waals surface area (Å²) in [5.41, 5.74) is 5.80. The molecular weight excluding hydrogens is 406 g/mol. The maximum atomic E-state index is 11.0. The van der Waals surface area contributed by atoms with Crippen molar-refractivity contribution in [3.05, 3.63) is 97.1 Å². The third-order valence-electron chi connectivity index (χ3n) is 6.40. The van der Waals surface area contributed by atoms with Crippen LogP contribution in [0.5, 0.6) is 0 Å². The summed E-state index contributed by atoms with van der Waals surface area (Å²) in [7, 11) is 0. The summed E-state index contributed by atoms with van der Waals surface area (Å²) in [6.07, 6.45) is 1.70. The molecule has 2 N–H and O–H groups in total. The van der Waals surface area contributed by atoms with E-state index < -0.39 is 6.10 Å². The Bertz CT molecular complexity index is 1360. The van der Waals surface area contributed by atoms with Crippen LogP contribution in [0.25, 0.3) is 44.1 Å². The molecule has 0 fully saturated rings. The van der Waals surface area contributed by atoms with Gasteiger partial charge in [0, 0.05) is 29.5 Å². The second kappa shape index (κ2) is 9.62. The number of hydrogen-bond donors (Lipinski definition) is 2. The Labute approximate surface area is 194 Å². The molecule has 33 heavy (non-hydrogen) atoms. The van der Waals surface area contributed by atoms with Gasteiger partial charge in [0.2, 0.25) is 0 Å². The van der Waals surface area contributed by atoms with E-state index in [9.17, 15) is 5.11 Å². The second-order valence-electron chi connectivity index (χ2n) is 8.62. The van der Waals surface area contributed by atoms with Crippen LogP contribution < -0.4 is 0 Å². The lowest BCUT2D eigenvalue weighted by Gasteiger charge is -2.17. The van der Waals surface area contributed by atoms with Crippen molar-refractivity contribution in [2.24, 2.45) is 0 Å². The zero-order valence-electron chi connectivity index (χ0n) is 18.7. The summed E-state index contributed by atoms with van der Waals surface area (Å²) in [5.74, 6) is 0. The maximum absolute atomic E-state index is 11.0. The lowest BCUT2D eigenvalue weighted by atomic mass is 9.97. The number of hydrogen-bond acceptors (Lipinski definition) is 2. The zero-order valence-corrected chi connectivity index (χ0v) is 18.7. The first-order valence-electron chi connectivity index (χ1n) is 11.7. The van der Waals surface area contributed by atoms with Crippen molar-refractivity contribution < 1.29 is 10.2 Å². The van der Waals surface area contributed by atoms with Gasteiger partial charge in [0.25, 0.3) is 0 Å². The molecule has 5 aromatic rings. The van der Waals surface area contributed by atoms with E-state index in [4.69, 9.17) is 5.11 Å². The molecule has 5 rings (SSSR count). The van der Waals surface area contributed by atoms with Crippen molar-refractivity contribution in [1.82, 2.24) is 4.57 Å². The Morgan fingerprint density at radius 1 is 0.667 bits per heavy atom. The highest BCUT2D eigenvalue weighted by Gasteiger charge is 2.23. The molecule has 0 bridgehead atoms. The summed E-state index contributed by atoms with van der Waals surface area (Å²) in [6.45, 7) is 0.671. The Morgan fingerprint density at radius 3 is 2.06 bits per heavy atom. The summed E-state index contributed by atoms with van der Waals surface area (Å²) in [4.78, 5) is 0. The summed E-state index contributed by atoms with van der Waals surface area (Å²) < 4.78 is 2.32. The highest BCUT2D eigenvalue weighted by Crippen LogP contribution is 2.43. The fourth-order valence-electron chi connectivity index (χ4n) is 4.89. The van der Waals surface area contributed by atoms with Crippen molar-refractivity contribution in [3.63, 3.8) is 0 Å². The average Bonchev–Trinajstić information content (AvgIpc) is 3.19. The molecule has 0 saturated carbocycles. The van der Waals surface area contributed by atoms with Gasteiger partial charge in [0.15, 0.2) is 0 Å². The lowest BCUT2D eigenvalue weighted by Crippen LogP contribution is -2.17. The molecule has 0 aliphatic rings. The van der Waals surface area contributed by atoms with Gasteiger partial charge in [0.1, 0.15) is 0 Å². The Kier molecular flexibility index (Phi) is 6.25. The van der Waals surface area contributed by atoms with Crippen LogP contribution in [0.3, 0.4) is 0 Å². The highest BCUT2D eigenvalue weighted by atomic mass is 16.3. The smallest absolute Gasteiger partial charge is 0.0719 e. The monoisotopic (exact) mass is 435 g/mol. The number of rotatable bonds is 8. The van der Waals surface area contributed by atoms with Gasteiger partial charge in [-0.2, -0.15) is 0 Å². The SMILES string of the molecule is OCCCC[C@H](O)Cn1c(-c2ccccc2)c(-c2ccccc2)c2ccc3ccccc3c21. The molecule has 166 valence electrons. The van der Waals surface area contributed by atoms with Crippen LogP contribution in [0.15, 0.2) is 97.1 Å². The van der Waals surface area contributed by atoms with E-state index in [-0.39, 0.29) is 6.61 Å². The summed E-state index contributed by atoms with van der Waals surface area (Å²) >= 11 is 0. The number of aliphatic hydroxyl groups excluding tert-OH is 2. The van der Waals surface area contributed by atoms with E-state index in [1.807, 2.05) is 12.1 Å². The summed E-state index contributed by atoms with van der Waals surface area (Å²) in [6, 6.07) is 33.9. The van der Waals surface area contributed by atoms with Gasteiger partial charge < -0.3 is 14.8 Å². The molecule has 3 nitrogen and oxygen atoms in total. The lowest BCUT2D eigenvalue weighted by molar-refractivity contribution is 0.140. The molecule has 3 heteroatoms. The first-order valence-corrected chi connectivity index (χ1v) is 11.7. The molecule has 0 spiro atoms. The average molecular weight is 436 g/mol. The van der Waals surface area contributed by atoms with Gasteiger partial charge in [-0.15, -0.1) is 0 Å². The van der Waals surface area contributed by atoms with Crippen LogP contribution in [0.1, 0.15) is 19.3 Å². The quantitative estimate of drug-likeness (QED) is 0.268. The molecule has 0 radical (unpaired) electrons. The molecule has 0 unspecified atom stereocenters. The Balaban J connectivity index is 1.82. The van der Waals surface area contributed by atoms with Gasteiger partial charge in [-0.25, -0.2) is 0 Å². The first-order chi connectivity index (χ1) is 16.3. The van der Waals surface area contributed by atoms with E-state index in [1.165, 1.54) is 27.3 Å². The normalized spacial score (nSPS) is 12.4. The number of nitrogens with zero attached hydrogens (tertiary/aromatic N) is 1. The van der Waals surface area contributed by atoms with E-state index in [1.54, 1.807) is 0 Å². The first kappa shape index (κ1) is 21.4. The van der Waals surface area contributed by atoms with E-state index in [2.05, 4.69) is 89.5 Å². The predicted octanol–water partition coefficient (Wildman–Crippen LogP) is 6.65. The molecule has 1 heterocycles. The second-order valence-corrected chi connectivity index (χ2v) is 8.62. The van der Waals surface area contributed by atoms with E-state index in [0.717, 1.165) is 23.2 Å². The van der Waals surface area contributed by atoms with Gasteiger partial charge in [0.05, 0.1) is 17.3 Å². The van der Waals surface area contributed by atoms with E-state index >= 15 is 0 Å². The fourth-order valence-corrected chi connectivity index (χ4v) is 4.89.